The summed E-state index contributed by atoms with van der Waals surface area (Å²) in [5, 5.41) is 0.633. The number of fused-ring (bicyclic) bond motifs is 2. The summed E-state index contributed by atoms with van der Waals surface area (Å²) in [7, 11) is 4.01. The molecule has 3 rings (SSSR count). The van der Waals surface area contributed by atoms with Gasteiger partial charge in [0.25, 0.3) is 0 Å². The van der Waals surface area contributed by atoms with E-state index in [9.17, 15) is 8.78 Å². The van der Waals surface area contributed by atoms with E-state index in [-0.39, 0.29) is 12.4 Å². The molecule has 0 aromatic heterocycles. The summed E-state index contributed by atoms with van der Waals surface area (Å²) in [4.78, 5) is 3.82. The Kier molecular flexibility index (Phi) is 6.32. The molecule has 0 amide bonds. The third-order valence-electron chi connectivity index (χ3n) is 3.69. The molecule has 6 heteroatoms. The maximum atomic E-state index is 13.7. The second-order valence-corrected chi connectivity index (χ2v) is 7.23. The molecule has 1 aliphatic rings. The lowest BCUT2D eigenvalue weighted by molar-refractivity contribution is -0.00000559. The molecule has 0 N–H and O–H groups in total. The molecule has 0 saturated carbocycles. The molecule has 0 atom stereocenters. The van der Waals surface area contributed by atoms with Crippen LogP contribution < -0.4 is 12.4 Å². The Morgan fingerprint density at radius 3 is 2.42 bits per heavy atom. The largest absolute Gasteiger partial charge is 1.00 e. The van der Waals surface area contributed by atoms with Gasteiger partial charge in [0, 0.05) is 21.4 Å². The molecule has 1 aliphatic heterocycles. The van der Waals surface area contributed by atoms with Gasteiger partial charge >= 0.3 is 0 Å². The molecule has 0 bridgehead atoms. The zero-order valence-corrected chi connectivity index (χ0v) is 15.6. The number of rotatable bonds is 3. The standard InChI is InChI=1S/C18H16ClF2NS.ClH/c1-22(2)7-3-4-12-13-8-11(19)5-6-17(13)23-18-10-16(21)15(20)9-14(12)18;/h4-6,8-10H,3,7H2,1-2H3;1H/p-1/b12-4+;. The third-order valence-corrected chi connectivity index (χ3v) is 5.06. The number of hydrogen-bond donors (Lipinski definition) is 0. The highest BCUT2D eigenvalue weighted by Crippen LogP contribution is 2.46. The number of nitrogens with zero attached hydrogens (tertiary/aromatic N) is 1. The van der Waals surface area contributed by atoms with E-state index in [4.69, 9.17) is 11.6 Å². The van der Waals surface area contributed by atoms with E-state index < -0.39 is 11.6 Å². The quantitative estimate of drug-likeness (QED) is 0.680. The third kappa shape index (κ3) is 3.94. The van der Waals surface area contributed by atoms with Crippen molar-refractivity contribution in [1.29, 1.82) is 0 Å². The fourth-order valence-electron chi connectivity index (χ4n) is 2.58. The van der Waals surface area contributed by atoms with Crippen molar-refractivity contribution < 1.29 is 21.2 Å². The van der Waals surface area contributed by atoms with Crippen molar-refractivity contribution in [3.63, 3.8) is 0 Å². The Bertz CT molecular complexity index is 791. The van der Waals surface area contributed by atoms with E-state index in [1.807, 2.05) is 32.3 Å². The molecule has 0 spiro atoms. The molecule has 0 unspecified atom stereocenters. The molecular formula is C18H16Cl2F2NS-. The van der Waals surface area contributed by atoms with Crippen molar-refractivity contribution in [2.45, 2.75) is 16.2 Å². The van der Waals surface area contributed by atoms with Gasteiger partial charge in [-0.05, 0) is 67.5 Å². The van der Waals surface area contributed by atoms with Gasteiger partial charge in [-0.3, -0.25) is 0 Å². The predicted octanol–water partition coefficient (Wildman–Crippen LogP) is 2.47. The highest BCUT2D eigenvalue weighted by Gasteiger charge is 2.23. The second kappa shape index (κ2) is 7.87. The summed E-state index contributed by atoms with van der Waals surface area (Å²) in [6.07, 6.45) is 2.89. The van der Waals surface area contributed by atoms with Gasteiger partial charge in [0.2, 0.25) is 0 Å². The van der Waals surface area contributed by atoms with Gasteiger partial charge in [0.1, 0.15) is 0 Å². The molecule has 2 aromatic carbocycles. The Morgan fingerprint density at radius 2 is 1.71 bits per heavy atom. The first-order valence-corrected chi connectivity index (χ1v) is 8.47. The van der Waals surface area contributed by atoms with Crippen LogP contribution in [0.2, 0.25) is 5.02 Å². The smallest absolute Gasteiger partial charge is 0.159 e. The minimum atomic E-state index is -0.826. The SMILES string of the molecule is CN(C)CC/C=C1\c2cc(Cl)ccc2Sc2cc(F)c(F)cc21.[Cl-]. The maximum Gasteiger partial charge on any atom is 0.159 e. The number of benzene rings is 2. The maximum absolute atomic E-state index is 13.7. The fraction of sp³-hybridized carbons (Fsp3) is 0.222. The molecule has 128 valence electrons. The van der Waals surface area contributed by atoms with Crippen molar-refractivity contribution in [2.24, 2.45) is 0 Å². The van der Waals surface area contributed by atoms with Crippen LogP contribution in [0, 0.1) is 11.6 Å². The minimum absolute atomic E-state index is 0. The summed E-state index contributed by atoms with van der Waals surface area (Å²) in [6, 6.07) is 8.17. The average Bonchev–Trinajstić information content (AvgIpc) is 2.49. The van der Waals surface area contributed by atoms with Gasteiger partial charge in [-0.25, -0.2) is 8.78 Å². The summed E-state index contributed by atoms with van der Waals surface area (Å²) >= 11 is 7.57. The first-order chi connectivity index (χ1) is 11.0. The van der Waals surface area contributed by atoms with E-state index in [0.717, 1.165) is 39.5 Å². The second-order valence-electron chi connectivity index (χ2n) is 5.71. The van der Waals surface area contributed by atoms with Gasteiger partial charge < -0.3 is 17.3 Å². The van der Waals surface area contributed by atoms with E-state index in [0.29, 0.717) is 5.02 Å². The molecule has 0 fully saturated rings. The fourth-order valence-corrected chi connectivity index (χ4v) is 3.84. The molecule has 1 nitrogen and oxygen atoms in total. The van der Waals surface area contributed by atoms with Crippen molar-refractivity contribution in [3.8, 4) is 0 Å². The molecule has 0 saturated heterocycles. The van der Waals surface area contributed by atoms with Crippen LogP contribution in [0.15, 0.2) is 46.2 Å². The van der Waals surface area contributed by atoms with Crippen LogP contribution >= 0.6 is 23.4 Å². The van der Waals surface area contributed by atoms with Crippen molar-refractivity contribution in [1.82, 2.24) is 4.90 Å². The minimum Gasteiger partial charge on any atom is -1.00 e. The molecule has 1 heterocycles. The molecular weight excluding hydrogens is 371 g/mol. The monoisotopic (exact) mass is 386 g/mol. The van der Waals surface area contributed by atoms with Crippen LogP contribution in [0.1, 0.15) is 17.5 Å². The molecule has 0 radical (unpaired) electrons. The summed E-state index contributed by atoms with van der Waals surface area (Å²) < 4.78 is 27.3. The average molecular weight is 387 g/mol. The topological polar surface area (TPSA) is 3.24 Å². The van der Waals surface area contributed by atoms with Crippen molar-refractivity contribution >= 4 is 28.9 Å². The van der Waals surface area contributed by atoms with Crippen molar-refractivity contribution in [3.05, 3.63) is 64.2 Å². The lowest BCUT2D eigenvalue weighted by Gasteiger charge is -2.23. The van der Waals surface area contributed by atoms with Crippen LogP contribution in [-0.4, -0.2) is 25.5 Å². The van der Waals surface area contributed by atoms with Gasteiger partial charge in [-0.1, -0.05) is 29.4 Å². The van der Waals surface area contributed by atoms with Gasteiger partial charge in [-0.15, -0.1) is 0 Å². The van der Waals surface area contributed by atoms with Crippen molar-refractivity contribution in [2.75, 3.05) is 20.6 Å². The Labute approximate surface area is 156 Å². The lowest BCUT2D eigenvalue weighted by atomic mass is 9.95. The van der Waals surface area contributed by atoms with Gasteiger partial charge in [0.15, 0.2) is 11.6 Å². The summed E-state index contributed by atoms with van der Waals surface area (Å²) in [5.74, 6) is -1.64. The van der Waals surface area contributed by atoms with E-state index in [1.54, 1.807) is 0 Å². The van der Waals surface area contributed by atoms with E-state index in [1.165, 1.54) is 23.9 Å². The van der Waals surface area contributed by atoms with E-state index >= 15 is 0 Å². The lowest BCUT2D eigenvalue weighted by Crippen LogP contribution is -3.00. The van der Waals surface area contributed by atoms with E-state index in [2.05, 4.69) is 11.0 Å². The Hall–Kier alpha value is -1.07. The first kappa shape index (κ1) is 19.3. The first-order valence-electron chi connectivity index (χ1n) is 7.28. The normalized spacial score (nSPS) is 14.3. The van der Waals surface area contributed by atoms with Gasteiger partial charge in [0.05, 0.1) is 0 Å². The zero-order valence-electron chi connectivity index (χ0n) is 13.2. The van der Waals surface area contributed by atoms with Crippen LogP contribution in [0.4, 0.5) is 8.78 Å². The molecule has 0 aliphatic carbocycles. The zero-order chi connectivity index (χ0) is 16.6. The highest BCUT2D eigenvalue weighted by molar-refractivity contribution is 7.99. The van der Waals surface area contributed by atoms with Crippen LogP contribution in [0.5, 0.6) is 0 Å². The Balaban J connectivity index is 0.00000208. The predicted molar refractivity (Wildman–Crippen MR) is 92.2 cm³/mol. The molecule has 2 aromatic rings. The highest BCUT2D eigenvalue weighted by atomic mass is 35.5. The molecule has 24 heavy (non-hydrogen) atoms. The van der Waals surface area contributed by atoms with Gasteiger partial charge in [-0.2, -0.15) is 0 Å². The summed E-state index contributed by atoms with van der Waals surface area (Å²) in [5.41, 5.74) is 2.61. The number of halogens is 4. The van der Waals surface area contributed by atoms with Crippen LogP contribution in [0.25, 0.3) is 5.57 Å². The number of hydrogen-bond acceptors (Lipinski definition) is 2. The Morgan fingerprint density at radius 1 is 1.04 bits per heavy atom. The van der Waals surface area contributed by atoms with Crippen LogP contribution in [-0.2, 0) is 0 Å². The summed E-state index contributed by atoms with van der Waals surface area (Å²) in [6.45, 7) is 0.881. The van der Waals surface area contributed by atoms with Crippen LogP contribution in [0.3, 0.4) is 0 Å².